The normalized spacial score (nSPS) is 12.3. The summed E-state index contributed by atoms with van der Waals surface area (Å²) in [5.74, 6) is 0.384. The number of amides is 2. The lowest BCUT2D eigenvalue weighted by molar-refractivity contribution is -0.274. The number of rotatable bonds is 8. The molecule has 5 aromatic rings. The van der Waals surface area contributed by atoms with Gasteiger partial charge in [-0.15, -0.1) is 41.4 Å². The number of carbonyl (C=O) groups excluding carboxylic acids is 1. The van der Waals surface area contributed by atoms with Gasteiger partial charge in [-0.25, -0.2) is 19.9 Å². The number of ether oxygens (including phenoxy) is 1. The third kappa shape index (κ3) is 7.88. The van der Waals surface area contributed by atoms with Crippen LogP contribution in [-0.4, -0.2) is 44.2 Å². The molecule has 2 heterocycles. The molecule has 2 amide bonds. The highest BCUT2D eigenvalue weighted by Crippen LogP contribution is 2.28. The third-order valence-corrected chi connectivity index (χ3v) is 8.20. The van der Waals surface area contributed by atoms with E-state index in [2.05, 4.69) is 62.4 Å². The number of thiazole rings is 1. The van der Waals surface area contributed by atoms with Crippen LogP contribution in [-0.2, 0) is 0 Å². The number of urea groups is 1. The molecule has 1 N–H and O–H groups in total. The van der Waals surface area contributed by atoms with Gasteiger partial charge in [-0.3, -0.25) is 4.57 Å². The number of thioether (sulfide) groups is 1. The molecular weight excluding hydrogens is 624 g/mol. The van der Waals surface area contributed by atoms with Gasteiger partial charge in [-0.05, 0) is 66.1 Å². The van der Waals surface area contributed by atoms with Crippen molar-refractivity contribution in [2.75, 3.05) is 6.26 Å². The number of aromatic nitrogens is 4. The van der Waals surface area contributed by atoms with Crippen LogP contribution in [0.2, 0.25) is 0 Å². The monoisotopic (exact) mass is 651 g/mol. The van der Waals surface area contributed by atoms with Crippen LogP contribution in [0, 0.1) is 6.92 Å². The fraction of sp³-hybridized carbons (Fsp3) is 0.194. The minimum Gasteiger partial charge on any atom is -0.406 e. The highest BCUT2D eigenvalue weighted by atomic mass is 32.2. The molecular formula is C31H28F3N7O2S2. The number of carbonyl (C=O) groups is 1. The zero-order chi connectivity index (χ0) is 32.1. The molecule has 5 rings (SSSR count). The van der Waals surface area contributed by atoms with Crippen LogP contribution in [0.1, 0.15) is 36.5 Å². The summed E-state index contributed by atoms with van der Waals surface area (Å²) >= 11 is 2.97. The van der Waals surface area contributed by atoms with Crippen molar-refractivity contribution in [2.24, 2.45) is 10.1 Å². The quantitative estimate of drug-likeness (QED) is 0.107. The molecule has 0 aliphatic carbocycles. The van der Waals surface area contributed by atoms with Crippen LogP contribution < -0.4 is 15.0 Å². The zero-order valence-electron chi connectivity index (χ0n) is 24.6. The predicted molar refractivity (Wildman–Crippen MR) is 169 cm³/mol. The Kier molecular flexibility index (Phi) is 9.54. The summed E-state index contributed by atoms with van der Waals surface area (Å²) in [5.41, 5.74) is 7.69. The standard InChI is InChI=1S/C31H28F3N7O2S2/c1-19(2)25-14-5-20(3)15-26(25)41-27(44-4)17-45-30(41)37-29(42)38-36-16-21-6-8-22(9-7-21)28-35-18-40(39-28)23-10-12-24(13-11-23)43-31(32,33)34/h5-19H,1-4H3,(H,38,42)/b36-16+,37-30-. The molecule has 3 aromatic carbocycles. The maximum absolute atomic E-state index is 12.7. The van der Waals surface area contributed by atoms with Crippen LogP contribution in [0.5, 0.6) is 5.75 Å². The van der Waals surface area contributed by atoms with Crippen molar-refractivity contribution in [3.63, 3.8) is 0 Å². The molecule has 0 spiro atoms. The zero-order valence-corrected chi connectivity index (χ0v) is 26.2. The fourth-order valence-corrected chi connectivity index (χ4v) is 6.09. The van der Waals surface area contributed by atoms with E-state index in [1.165, 1.54) is 52.8 Å². The lowest BCUT2D eigenvalue weighted by Crippen LogP contribution is -2.22. The molecule has 45 heavy (non-hydrogen) atoms. The SMILES string of the molecule is CSc1cs/c(=N\C(=O)N/N=C/c2ccc(-c3ncn(-c4ccc(OC(F)(F)F)cc4)n3)cc2)n1-c1cc(C)ccc1C(C)C. The molecule has 0 unspecified atom stereocenters. The van der Waals surface area contributed by atoms with Crippen molar-refractivity contribution in [3.05, 3.63) is 99.9 Å². The van der Waals surface area contributed by atoms with Crippen LogP contribution in [0.15, 0.2) is 93.6 Å². The van der Waals surface area contributed by atoms with E-state index in [0.29, 0.717) is 21.9 Å². The topological polar surface area (TPSA) is 98.7 Å². The average molecular weight is 652 g/mol. The first-order valence-electron chi connectivity index (χ1n) is 13.6. The molecule has 0 saturated heterocycles. The summed E-state index contributed by atoms with van der Waals surface area (Å²) in [6.45, 7) is 6.31. The molecule has 0 aliphatic heterocycles. The molecule has 2 aromatic heterocycles. The maximum Gasteiger partial charge on any atom is 0.573 e. The highest BCUT2D eigenvalue weighted by molar-refractivity contribution is 7.98. The largest absolute Gasteiger partial charge is 0.573 e. The summed E-state index contributed by atoms with van der Waals surface area (Å²) in [6, 6.07) is 18.2. The van der Waals surface area contributed by atoms with E-state index in [9.17, 15) is 18.0 Å². The minimum absolute atomic E-state index is 0.286. The van der Waals surface area contributed by atoms with Crippen molar-refractivity contribution >= 4 is 35.3 Å². The number of alkyl halides is 3. The van der Waals surface area contributed by atoms with Crippen LogP contribution in [0.4, 0.5) is 18.0 Å². The fourth-order valence-electron chi connectivity index (χ4n) is 4.39. The number of benzene rings is 3. The number of halogens is 3. The molecule has 232 valence electrons. The van der Waals surface area contributed by atoms with E-state index >= 15 is 0 Å². The lowest BCUT2D eigenvalue weighted by atomic mass is 9.99. The van der Waals surface area contributed by atoms with Gasteiger partial charge < -0.3 is 4.74 Å². The molecule has 0 saturated carbocycles. The second-order valence-corrected chi connectivity index (χ2v) is 11.7. The van der Waals surface area contributed by atoms with E-state index in [1.807, 2.05) is 23.1 Å². The van der Waals surface area contributed by atoms with E-state index < -0.39 is 12.4 Å². The first kappa shape index (κ1) is 31.7. The van der Waals surface area contributed by atoms with Gasteiger partial charge in [0.2, 0.25) is 0 Å². The van der Waals surface area contributed by atoms with E-state index in [0.717, 1.165) is 27.4 Å². The molecule has 0 aliphatic rings. The van der Waals surface area contributed by atoms with Crippen molar-refractivity contribution in [2.45, 2.75) is 38.1 Å². The summed E-state index contributed by atoms with van der Waals surface area (Å²) in [7, 11) is 0. The van der Waals surface area contributed by atoms with Gasteiger partial charge >= 0.3 is 12.4 Å². The molecule has 0 fully saturated rings. The van der Waals surface area contributed by atoms with Crippen molar-refractivity contribution < 1.29 is 22.7 Å². The smallest absolute Gasteiger partial charge is 0.406 e. The minimum atomic E-state index is -4.76. The van der Waals surface area contributed by atoms with Gasteiger partial charge in [-0.1, -0.05) is 50.2 Å². The van der Waals surface area contributed by atoms with Crippen LogP contribution in [0.25, 0.3) is 22.8 Å². The Morgan fingerprint density at radius 3 is 2.49 bits per heavy atom. The molecule has 0 atom stereocenters. The molecule has 0 bridgehead atoms. The van der Waals surface area contributed by atoms with Gasteiger partial charge in [-0.2, -0.15) is 10.1 Å². The molecule has 9 nitrogen and oxygen atoms in total. The van der Waals surface area contributed by atoms with E-state index in [4.69, 9.17) is 0 Å². The lowest BCUT2D eigenvalue weighted by Gasteiger charge is -2.16. The Labute approximate surface area is 265 Å². The maximum atomic E-state index is 12.7. The van der Waals surface area contributed by atoms with Gasteiger partial charge in [0, 0.05) is 10.9 Å². The van der Waals surface area contributed by atoms with E-state index in [-0.39, 0.29) is 11.7 Å². The van der Waals surface area contributed by atoms with E-state index in [1.54, 1.807) is 36.0 Å². The first-order valence-corrected chi connectivity index (χ1v) is 15.7. The Morgan fingerprint density at radius 2 is 1.82 bits per heavy atom. The Hall–Kier alpha value is -4.69. The third-order valence-electron chi connectivity index (χ3n) is 6.50. The highest BCUT2D eigenvalue weighted by Gasteiger charge is 2.31. The summed E-state index contributed by atoms with van der Waals surface area (Å²) < 4.78 is 44.6. The number of hydrazone groups is 1. The second-order valence-electron chi connectivity index (χ2n) is 10.1. The van der Waals surface area contributed by atoms with Crippen molar-refractivity contribution in [1.82, 2.24) is 24.8 Å². The Morgan fingerprint density at radius 1 is 1.09 bits per heavy atom. The van der Waals surface area contributed by atoms with Crippen molar-refractivity contribution in [3.8, 4) is 28.5 Å². The average Bonchev–Trinajstić information content (AvgIpc) is 3.64. The number of hydrogen-bond donors (Lipinski definition) is 1. The summed E-state index contributed by atoms with van der Waals surface area (Å²) in [6.07, 6.45) is 0.195. The van der Waals surface area contributed by atoms with Crippen LogP contribution in [0.3, 0.4) is 0 Å². The van der Waals surface area contributed by atoms with Gasteiger partial charge in [0.05, 0.1) is 22.6 Å². The van der Waals surface area contributed by atoms with Crippen molar-refractivity contribution in [1.29, 1.82) is 0 Å². The second kappa shape index (κ2) is 13.5. The first-order chi connectivity index (χ1) is 21.5. The molecule has 0 radical (unpaired) electrons. The van der Waals surface area contributed by atoms with Gasteiger partial charge in [0.1, 0.15) is 12.1 Å². The number of hydrogen-bond acceptors (Lipinski definition) is 7. The van der Waals surface area contributed by atoms with Crippen LogP contribution >= 0.6 is 23.1 Å². The molecule has 14 heteroatoms. The Bertz CT molecular complexity index is 1890. The van der Waals surface area contributed by atoms with Gasteiger partial charge in [0.15, 0.2) is 10.6 Å². The summed E-state index contributed by atoms with van der Waals surface area (Å²) in [5, 5.41) is 11.4. The van der Waals surface area contributed by atoms with Gasteiger partial charge in [0.25, 0.3) is 0 Å². The number of aryl methyl sites for hydroxylation is 1. The number of nitrogens with one attached hydrogen (secondary N) is 1. The number of nitrogens with zero attached hydrogens (tertiary/aromatic N) is 6. The summed E-state index contributed by atoms with van der Waals surface area (Å²) in [4.78, 5) is 21.9. The Balaban J connectivity index is 1.26. The predicted octanol–water partition coefficient (Wildman–Crippen LogP) is 7.48.